The molecule has 52 heavy (non-hydrogen) atoms. The van der Waals surface area contributed by atoms with Crippen LogP contribution >= 0.6 is 0 Å². The molecule has 280 valence electrons. The summed E-state index contributed by atoms with van der Waals surface area (Å²) in [6.45, 7) is 18.6. The second-order valence-corrected chi connectivity index (χ2v) is 27.4. The standard InChI is InChI=1S/C40H57N5O5Si2/c1-8-48-21-20-34-37(31-14-16-32(17-15-31)40(46)47)43-38-35(33-18-19-36(41-26-33)30-12-10-9-11-13-30)27-42-45(38)39(34)44(28-49-22-24-51(2,3)4)29-50-23-25-52(5,6)7/h9-13,18-21,26-27,31-32H,8,14-17,22-25,28-29H2,1-7H3,(H,46,47). The largest absolute Gasteiger partial charge is 0.501 e. The first-order valence-electron chi connectivity index (χ1n) is 18.7. The number of carboxylic acids is 1. The van der Waals surface area contributed by atoms with E-state index in [2.05, 4.69) is 62.4 Å². The molecule has 3 heterocycles. The smallest absolute Gasteiger partial charge is 0.306 e. The summed E-state index contributed by atoms with van der Waals surface area (Å²) in [7, 11) is -2.63. The monoisotopic (exact) mass is 743 g/mol. The number of nitrogens with zero attached hydrogens (tertiary/aromatic N) is 5. The maximum absolute atomic E-state index is 11.9. The van der Waals surface area contributed by atoms with Crippen LogP contribution in [-0.2, 0) is 19.0 Å². The Labute approximate surface area is 311 Å². The van der Waals surface area contributed by atoms with Crippen LogP contribution in [0.15, 0.2) is 61.1 Å². The average molecular weight is 744 g/mol. The maximum Gasteiger partial charge on any atom is 0.306 e. The molecule has 0 amide bonds. The number of ether oxygens (including phenoxy) is 3. The van der Waals surface area contributed by atoms with Crippen LogP contribution in [0.4, 0.5) is 5.82 Å². The van der Waals surface area contributed by atoms with Crippen LogP contribution in [-0.4, -0.2) is 80.1 Å². The fourth-order valence-electron chi connectivity index (χ4n) is 6.41. The average Bonchev–Trinajstić information content (AvgIpc) is 3.54. The van der Waals surface area contributed by atoms with Gasteiger partial charge in [-0.1, -0.05) is 75.7 Å². The van der Waals surface area contributed by atoms with Crippen LogP contribution < -0.4 is 4.90 Å². The summed E-state index contributed by atoms with van der Waals surface area (Å²) >= 11 is 0. The third kappa shape index (κ3) is 10.6. The molecular weight excluding hydrogens is 687 g/mol. The minimum atomic E-state index is -1.32. The van der Waals surface area contributed by atoms with Crippen molar-refractivity contribution in [3.63, 3.8) is 0 Å². The zero-order valence-corrected chi connectivity index (χ0v) is 34.1. The molecule has 5 rings (SSSR count). The Balaban J connectivity index is 1.64. The van der Waals surface area contributed by atoms with E-state index in [-0.39, 0.29) is 11.8 Å². The van der Waals surface area contributed by atoms with Crippen molar-refractivity contribution in [3.05, 3.63) is 72.4 Å². The van der Waals surface area contributed by atoms with Gasteiger partial charge in [-0.15, -0.1) is 0 Å². The topological polar surface area (TPSA) is 111 Å². The van der Waals surface area contributed by atoms with Gasteiger partial charge in [0.25, 0.3) is 0 Å². The lowest BCUT2D eigenvalue weighted by atomic mass is 9.79. The summed E-state index contributed by atoms with van der Waals surface area (Å²) in [5.41, 5.74) is 6.23. The second kappa shape index (κ2) is 17.8. The van der Waals surface area contributed by atoms with E-state index in [1.807, 2.05) is 54.2 Å². The first-order valence-corrected chi connectivity index (χ1v) is 26.1. The predicted octanol–water partition coefficient (Wildman–Crippen LogP) is 9.25. The molecule has 1 aromatic carbocycles. The zero-order chi connectivity index (χ0) is 37.3. The van der Waals surface area contributed by atoms with Crippen molar-refractivity contribution < 1.29 is 24.1 Å². The maximum atomic E-state index is 11.9. The highest BCUT2D eigenvalue weighted by molar-refractivity contribution is 6.76. The third-order valence-corrected chi connectivity index (χ3v) is 13.0. The van der Waals surface area contributed by atoms with Gasteiger partial charge in [-0.3, -0.25) is 9.78 Å². The van der Waals surface area contributed by atoms with Crippen molar-refractivity contribution in [1.82, 2.24) is 19.6 Å². The predicted molar refractivity (Wildman–Crippen MR) is 215 cm³/mol. The molecule has 0 saturated heterocycles. The number of carboxylic acid groups (broad SMARTS) is 1. The van der Waals surface area contributed by atoms with Crippen LogP contribution in [0, 0.1) is 5.92 Å². The normalized spacial score (nSPS) is 16.8. The number of aromatic nitrogens is 4. The fraction of sp³-hybridized carbons (Fsp3) is 0.500. The molecule has 10 nitrogen and oxygen atoms in total. The number of carbonyl (C=O) groups is 1. The highest BCUT2D eigenvalue weighted by Gasteiger charge is 2.32. The van der Waals surface area contributed by atoms with Crippen molar-refractivity contribution in [2.45, 2.75) is 89.9 Å². The number of hydrogen-bond acceptors (Lipinski definition) is 8. The van der Waals surface area contributed by atoms with E-state index in [1.165, 1.54) is 0 Å². The highest BCUT2D eigenvalue weighted by atomic mass is 28.3. The van der Waals surface area contributed by atoms with Gasteiger partial charge in [-0.25, -0.2) is 4.98 Å². The minimum absolute atomic E-state index is 0.0597. The number of anilines is 1. The van der Waals surface area contributed by atoms with Gasteiger partial charge in [0.1, 0.15) is 19.3 Å². The summed E-state index contributed by atoms with van der Waals surface area (Å²) in [4.78, 5) is 24.3. The van der Waals surface area contributed by atoms with Crippen molar-refractivity contribution in [2.24, 2.45) is 5.92 Å². The number of benzene rings is 1. The Morgan fingerprint density at radius 2 is 1.56 bits per heavy atom. The Hall–Kier alpha value is -3.85. The molecule has 0 bridgehead atoms. The number of hydrogen-bond donors (Lipinski definition) is 1. The summed E-state index contributed by atoms with van der Waals surface area (Å²) in [5, 5.41) is 14.8. The summed E-state index contributed by atoms with van der Waals surface area (Å²) in [6.07, 6.45) is 10.1. The van der Waals surface area contributed by atoms with Crippen molar-refractivity contribution >= 4 is 39.7 Å². The van der Waals surface area contributed by atoms with Crippen LogP contribution in [0.1, 0.15) is 49.8 Å². The van der Waals surface area contributed by atoms with Gasteiger partial charge in [0, 0.05) is 63.7 Å². The van der Waals surface area contributed by atoms with Gasteiger partial charge in [-0.2, -0.15) is 9.61 Å². The van der Waals surface area contributed by atoms with E-state index in [1.54, 1.807) is 6.26 Å². The molecule has 1 N–H and O–H groups in total. The summed E-state index contributed by atoms with van der Waals surface area (Å²) in [5.74, 6) is -0.180. The van der Waals surface area contributed by atoms with E-state index in [4.69, 9.17) is 29.3 Å². The number of pyridine rings is 1. The number of aliphatic carboxylic acids is 1. The molecule has 0 spiro atoms. The van der Waals surface area contributed by atoms with E-state index in [0.717, 1.165) is 64.4 Å². The molecule has 0 unspecified atom stereocenters. The van der Waals surface area contributed by atoms with Crippen molar-refractivity contribution in [2.75, 3.05) is 38.2 Å². The molecule has 12 heteroatoms. The Morgan fingerprint density at radius 3 is 2.12 bits per heavy atom. The molecule has 4 aromatic rings. The minimum Gasteiger partial charge on any atom is -0.501 e. The highest BCUT2D eigenvalue weighted by Crippen LogP contribution is 2.41. The molecule has 1 aliphatic rings. The van der Waals surface area contributed by atoms with Crippen LogP contribution in [0.2, 0.25) is 51.4 Å². The molecule has 1 aliphatic carbocycles. The molecule has 0 radical (unpaired) electrons. The SMILES string of the molecule is CCOC=Cc1c(C2CCC(C(=O)O)CC2)nc2c(-c3ccc(-c4ccccc4)nc3)cnn2c1N(COCC[Si](C)(C)C)COCC[Si](C)(C)C. The van der Waals surface area contributed by atoms with Gasteiger partial charge in [-0.05, 0) is 56.8 Å². The van der Waals surface area contributed by atoms with Gasteiger partial charge < -0.3 is 24.2 Å². The van der Waals surface area contributed by atoms with E-state index in [9.17, 15) is 9.90 Å². The summed E-state index contributed by atoms with van der Waals surface area (Å²) in [6, 6.07) is 16.4. The lowest BCUT2D eigenvalue weighted by Crippen LogP contribution is -2.34. The van der Waals surface area contributed by atoms with Gasteiger partial charge in [0.2, 0.25) is 0 Å². The van der Waals surface area contributed by atoms with Gasteiger partial charge >= 0.3 is 5.97 Å². The van der Waals surface area contributed by atoms with E-state index >= 15 is 0 Å². The zero-order valence-electron chi connectivity index (χ0n) is 32.1. The van der Waals surface area contributed by atoms with Crippen LogP contribution in [0.5, 0.6) is 0 Å². The molecular formula is C40H57N5O5Si2. The van der Waals surface area contributed by atoms with Gasteiger partial charge in [0.15, 0.2) is 5.65 Å². The van der Waals surface area contributed by atoms with Crippen molar-refractivity contribution in [1.29, 1.82) is 0 Å². The number of fused-ring (bicyclic) bond motifs is 1. The van der Waals surface area contributed by atoms with E-state index in [0.29, 0.717) is 51.8 Å². The van der Waals surface area contributed by atoms with Crippen LogP contribution in [0.25, 0.3) is 34.1 Å². The van der Waals surface area contributed by atoms with E-state index < -0.39 is 22.1 Å². The Bertz CT molecular complexity index is 1750. The summed E-state index contributed by atoms with van der Waals surface area (Å²) < 4.78 is 20.5. The lowest BCUT2D eigenvalue weighted by molar-refractivity contribution is -0.142. The number of rotatable bonds is 18. The fourth-order valence-corrected chi connectivity index (χ4v) is 7.92. The quantitative estimate of drug-likeness (QED) is 0.0461. The third-order valence-electron chi connectivity index (χ3n) is 9.58. The molecule has 3 aromatic heterocycles. The Morgan fingerprint density at radius 1 is 0.904 bits per heavy atom. The van der Waals surface area contributed by atoms with Gasteiger partial charge in [0.05, 0.1) is 36.4 Å². The molecule has 0 aliphatic heterocycles. The first-order chi connectivity index (χ1) is 24.8. The van der Waals surface area contributed by atoms with Crippen LogP contribution in [0.3, 0.4) is 0 Å². The Kier molecular flexibility index (Phi) is 13.5. The molecule has 0 atom stereocenters. The lowest BCUT2D eigenvalue weighted by Gasteiger charge is -2.31. The molecule has 1 fully saturated rings. The second-order valence-electron chi connectivity index (χ2n) is 16.2. The van der Waals surface area contributed by atoms with Crippen molar-refractivity contribution in [3.8, 4) is 22.4 Å². The molecule has 1 saturated carbocycles. The first kappa shape index (κ1) is 39.4.